The van der Waals surface area contributed by atoms with Gasteiger partial charge >= 0.3 is 4.87 Å². The predicted molar refractivity (Wildman–Crippen MR) is 78.4 cm³/mol. The topological polar surface area (TPSA) is 71.3 Å². The van der Waals surface area contributed by atoms with E-state index in [1.54, 1.807) is 26.1 Å². The van der Waals surface area contributed by atoms with Gasteiger partial charge in [0.1, 0.15) is 10.6 Å². The van der Waals surface area contributed by atoms with E-state index in [-0.39, 0.29) is 16.5 Å². The average Bonchev–Trinajstić information content (AvgIpc) is 2.69. The maximum absolute atomic E-state index is 12.0. The van der Waals surface area contributed by atoms with E-state index in [1.165, 1.54) is 4.57 Å². The zero-order valence-electron chi connectivity index (χ0n) is 11.3. The van der Waals surface area contributed by atoms with E-state index in [9.17, 15) is 14.7 Å². The smallest absolute Gasteiger partial charge is 0.307 e. The highest BCUT2D eigenvalue weighted by Crippen LogP contribution is 2.11. The van der Waals surface area contributed by atoms with Crippen molar-refractivity contribution in [3.63, 3.8) is 0 Å². The lowest BCUT2D eigenvalue weighted by Crippen LogP contribution is -2.25. The molecule has 5 nitrogen and oxygen atoms in total. The number of carbonyl (C=O) groups is 1. The molecule has 106 valence electrons. The van der Waals surface area contributed by atoms with Gasteiger partial charge in [-0.05, 0) is 31.0 Å². The lowest BCUT2D eigenvalue weighted by molar-refractivity contribution is 0.0957. The average molecular weight is 292 g/mol. The Bertz CT molecular complexity index is 671. The van der Waals surface area contributed by atoms with Crippen molar-refractivity contribution in [2.75, 3.05) is 6.54 Å². The van der Waals surface area contributed by atoms with Crippen LogP contribution in [0.25, 0.3) is 0 Å². The van der Waals surface area contributed by atoms with E-state index in [2.05, 4.69) is 5.32 Å². The molecule has 2 N–H and O–H groups in total. The number of phenols is 1. The molecule has 0 saturated carbocycles. The molecular formula is C14H16N2O3S. The van der Waals surface area contributed by atoms with Crippen LogP contribution >= 0.6 is 11.3 Å². The van der Waals surface area contributed by atoms with Gasteiger partial charge in [0.25, 0.3) is 5.91 Å². The second kappa shape index (κ2) is 5.92. The first kappa shape index (κ1) is 14.3. The van der Waals surface area contributed by atoms with E-state index in [1.807, 2.05) is 12.1 Å². The molecule has 0 saturated heterocycles. The Morgan fingerprint density at radius 3 is 2.55 bits per heavy atom. The Kier molecular flexibility index (Phi) is 4.24. The van der Waals surface area contributed by atoms with Gasteiger partial charge in [0.15, 0.2) is 0 Å². The monoisotopic (exact) mass is 292 g/mol. The molecule has 1 aromatic carbocycles. The first-order valence-corrected chi connectivity index (χ1v) is 7.03. The van der Waals surface area contributed by atoms with Crippen LogP contribution in [0.2, 0.25) is 0 Å². The van der Waals surface area contributed by atoms with Crippen LogP contribution in [0.5, 0.6) is 5.75 Å². The Morgan fingerprint density at radius 2 is 2.00 bits per heavy atom. The molecule has 1 heterocycles. The highest BCUT2D eigenvalue weighted by atomic mass is 32.1. The van der Waals surface area contributed by atoms with Crippen molar-refractivity contribution < 1.29 is 9.90 Å². The van der Waals surface area contributed by atoms with Crippen LogP contribution in [-0.4, -0.2) is 22.1 Å². The van der Waals surface area contributed by atoms with Gasteiger partial charge in [-0.1, -0.05) is 23.5 Å². The minimum absolute atomic E-state index is 0.133. The largest absolute Gasteiger partial charge is 0.508 e. The van der Waals surface area contributed by atoms with Gasteiger partial charge < -0.3 is 15.0 Å². The molecule has 20 heavy (non-hydrogen) atoms. The van der Waals surface area contributed by atoms with Crippen molar-refractivity contribution in [2.45, 2.75) is 13.3 Å². The number of aromatic hydroxyl groups is 1. The van der Waals surface area contributed by atoms with Gasteiger partial charge in [0.05, 0.1) is 0 Å². The third-order valence-electron chi connectivity index (χ3n) is 3.14. The van der Waals surface area contributed by atoms with Crippen LogP contribution in [0.1, 0.15) is 20.9 Å². The number of aromatic nitrogens is 1. The highest BCUT2D eigenvalue weighted by molar-refractivity contribution is 7.11. The molecule has 0 aliphatic heterocycles. The minimum atomic E-state index is -0.219. The highest BCUT2D eigenvalue weighted by Gasteiger charge is 2.15. The summed E-state index contributed by atoms with van der Waals surface area (Å²) in [4.78, 5) is 23.8. The van der Waals surface area contributed by atoms with Crippen LogP contribution in [0.3, 0.4) is 0 Å². The molecule has 2 aromatic rings. The van der Waals surface area contributed by atoms with E-state index >= 15 is 0 Å². The molecule has 6 heteroatoms. The van der Waals surface area contributed by atoms with Gasteiger partial charge in [0.2, 0.25) is 0 Å². The van der Waals surface area contributed by atoms with Gasteiger partial charge in [0, 0.05) is 19.3 Å². The molecule has 0 atom stereocenters. The number of hydrogen-bond acceptors (Lipinski definition) is 4. The summed E-state index contributed by atoms with van der Waals surface area (Å²) in [7, 11) is 1.65. The van der Waals surface area contributed by atoms with Crippen LogP contribution in [-0.2, 0) is 13.5 Å². The minimum Gasteiger partial charge on any atom is -0.508 e. The van der Waals surface area contributed by atoms with Crippen LogP contribution in [0.15, 0.2) is 29.1 Å². The van der Waals surface area contributed by atoms with Crippen molar-refractivity contribution in [1.29, 1.82) is 0 Å². The zero-order chi connectivity index (χ0) is 14.7. The van der Waals surface area contributed by atoms with Crippen molar-refractivity contribution >= 4 is 17.2 Å². The number of nitrogens with zero attached hydrogens (tertiary/aromatic N) is 1. The second-order valence-electron chi connectivity index (χ2n) is 4.51. The maximum Gasteiger partial charge on any atom is 0.307 e. The lowest BCUT2D eigenvalue weighted by Gasteiger charge is -2.05. The predicted octanol–water partition coefficient (Wildman–Crippen LogP) is 1.43. The van der Waals surface area contributed by atoms with Crippen molar-refractivity contribution in [1.82, 2.24) is 9.88 Å². The van der Waals surface area contributed by atoms with E-state index in [4.69, 9.17) is 0 Å². The van der Waals surface area contributed by atoms with E-state index in [0.29, 0.717) is 23.5 Å². The summed E-state index contributed by atoms with van der Waals surface area (Å²) in [6.07, 6.45) is 0.673. The normalized spacial score (nSPS) is 10.5. The number of thiazole rings is 1. The molecular weight excluding hydrogens is 276 g/mol. The van der Waals surface area contributed by atoms with Crippen molar-refractivity contribution in [2.24, 2.45) is 7.05 Å². The van der Waals surface area contributed by atoms with E-state index in [0.717, 1.165) is 16.9 Å². The number of benzene rings is 1. The summed E-state index contributed by atoms with van der Waals surface area (Å²) in [6.45, 7) is 2.24. The molecule has 0 spiro atoms. The quantitative estimate of drug-likeness (QED) is 0.895. The number of amides is 1. The third-order valence-corrected chi connectivity index (χ3v) is 4.27. The van der Waals surface area contributed by atoms with Crippen LogP contribution < -0.4 is 10.2 Å². The van der Waals surface area contributed by atoms with Crippen LogP contribution in [0.4, 0.5) is 0 Å². The Labute approximate surface area is 120 Å². The molecule has 2 rings (SSSR count). The van der Waals surface area contributed by atoms with Gasteiger partial charge in [-0.25, -0.2) is 0 Å². The Morgan fingerprint density at radius 1 is 1.35 bits per heavy atom. The number of phenolic OH excluding ortho intramolecular Hbond substituents is 1. The fourth-order valence-corrected chi connectivity index (χ4v) is 2.69. The summed E-state index contributed by atoms with van der Waals surface area (Å²) >= 11 is 0.960. The second-order valence-corrected chi connectivity index (χ2v) is 5.48. The Balaban J connectivity index is 1.94. The third kappa shape index (κ3) is 3.08. The zero-order valence-corrected chi connectivity index (χ0v) is 12.2. The van der Waals surface area contributed by atoms with Crippen molar-refractivity contribution in [3.05, 3.63) is 50.1 Å². The molecule has 0 unspecified atom stereocenters. The fraction of sp³-hybridized carbons (Fsp3) is 0.286. The van der Waals surface area contributed by atoms with Crippen LogP contribution in [0, 0.1) is 6.92 Å². The summed E-state index contributed by atoms with van der Waals surface area (Å²) in [5, 5.41) is 12.0. The molecule has 1 aromatic heterocycles. The first-order chi connectivity index (χ1) is 9.49. The molecule has 0 aliphatic rings. The number of rotatable bonds is 4. The molecule has 0 radical (unpaired) electrons. The van der Waals surface area contributed by atoms with Gasteiger partial charge in [-0.15, -0.1) is 0 Å². The van der Waals surface area contributed by atoms with E-state index < -0.39 is 0 Å². The number of carbonyl (C=O) groups excluding carboxylic acids is 1. The summed E-state index contributed by atoms with van der Waals surface area (Å²) in [6, 6.07) is 6.86. The SMILES string of the molecule is Cc1c(C(=O)NCCc2ccc(O)cc2)sc(=O)n1C. The van der Waals surface area contributed by atoms with Gasteiger partial charge in [-0.3, -0.25) is 9.59 Å². The van der Waals surface area contributed by atoms with Crippen molar-refractivity contribution in [3.8, 4) is 5.75 Å². The summed E-state index contributed by atoms with van der Waals surface area (Å²) in [5.74, 6) is 0.00597. The standard InChI is InChI=1S/C14H16N2O3S/c1-9-12(20-14(19)16(9)2)13(18)15-8-7-10-3-5-11(17)6-4-10/h3-6,17H,7-8H2,1-2H3,(H,15,18). The molecule has 1 amide bonds. The van der Waals surface area contributed by atoms with Gasteiger partial charge in [-0.2, -0.15) is 0 Å². The molecule has 0 fully saturated rings. The lowest BCUT2D eigenvalue weighted by atomic mass is 10.1. The fourth-order valence-electron chi connectivity index (χ4n) is 1.79. The first-order valence-electron chi connectivity index (χ1n) is 6.21. The summed E-state index contributed by atoms with van der Waals surface area (Å²) < 4.78 is 1.47. The molecule has 0 aliphatic carbocycles. The number of nitrogens with one attached hydrogen (secondary N) is 1. The maximum atomic E-state index is 12.0. The number of hydrogen-bond donors (Lipinski definition) is 2. The molecule has 0 bridgehead atoms. The summed E-state index contributed by atoms with van der Waals surface area (Å²) in [5.41, 5.74) is 1.71. The Hall–Kier alpha value is -2.08.